The van der Waals surface area contributed by atoms with Gasteiger partial charge in [-0.3, -0.25) is 9.67 Å². The van der Waals surface area contributed by atoms with Gasteiger partial charge < -0.3 is 0 Å². The molecule has 0 aliphatic carbocycles. The van der Waals surface area contributed by atoms with Gasteiger partial charge in [-0.2, -0.15) is 5.10 Å². The fraction of sp³-hybridized carbons (Fsp3) is 0.100. The number of aromatic amines is 1. The maximum Gasteiger partial charge on any atom is 0.199 e. The van der Waals surface area contributed by atoms with Crippen LogP contribution < -0.4 is 0 Å². The highest BCUT2D eigenvalue weighted by molar-refractivity contribution is 7.71. The number of fused-ring (bicyclic) bond motifs is 1. The maximum absolute atomic E-state index is 5.44. The highest BCUT2D eigenvalue weighted by atomic mass is 32.1. The monoisotopic (exact) mass is 331 g/mol. The van der Waals surface area contributed by atoms with E-state index in [0.29, 0.717) is 4.77 Å². The van der Waals surface area contributed by atoms with Gasteiger partial charge in [0, 0.05) is 12.1 Å². The van der Waals surface area contributed by atoms with Crippen LogP contribution in [0.25, 0.3) is 16.5 Å². The summed E-state index contributed by atoms with van der Waals surface area (Å²) in [6, 6.07) is 23.1. The smallest absolute Gasteiger partial charge is 0.199 e. The van der Waals surface area contributed by atoms with Gasteiger partial charge in [0.2, 0.25) is 0 Å². The van der Waals surface area contributed by atoms with Gasteiger partial charge in [-0.05, 0) is 47.6 Å². The van der Waals surface area contributed by atoms with E-state index in [-0.39, 0.29) is 0 Å². The lowest BCUT2D eigenvalue weighted by atomic mass is 10.0. The van der Waals surface area contributed by atoms with E-state index >= 15 is 0 Å². The number of aryl methyl sites for hydroxylation is 1. The standard InChI is InChI=1S/C20H17N3S/c1-14-9-11-17(12-10-14)23-19(21-22-20(23)24)13-16-7-4-6-15-5-2-3-8-18(15)16/h2-12H,13H2,1H3,(H,22,24). The van der Waals surface area contributed by atoms with Crippen molar-refractivity contribution in [1.29, 1.82) is 0 Å². The molecule has 0 radical (unpaired) electrons. The molecule has 0 unspecified atom stereocenters. The molecular weight excluding hydrogens is 314 g/mol. The van der Waals surface area contributed by atoms with Gasteiger partial charge in [0.05, 0.1) is 0 Å². The van der Waals surface area contributed by atoms with Crippen LogP contribution in [0.15, 0.2) is 66.7 Å². The Hall–Kier alpha value is -2.72. The van der Waals surface area contributed by atoms with Crippen molar-refractivity contribution >= 4 is 23.0 Å². The second kappa shape index (κ2) is 6.06. The van der Waals surface area contributed by atoms with Crippen LogP contribution in [0.4, 0.5) is 0 Å². The number of hydrogen-bond acceptors (Lipinski definition) is 2. The number of rotatable bonds is 3. The Morgan fingerprint density at radius 2 is 1.71 bits per heavy atom. The molecular formula is C20H17N3S. The minimum Gasteiger partial charge on any atom is -0.272 e. The Kier molecular flexibility index (Phi) is 3.75. The molecule has 0 atom stereocenters. The van der Waals surface area contributed by atoms with Crippen LogP contribution in [0.3, 0.4) is 0 Å². The van der Waals surface area contributed by atoms with E-state index in [0.717, 1.165) is 17.9 Å². The molecule has 24 heavy (non-hydrogen) atoms. The largest absolute Gasteiger partial charge is 0.272 e. The first-order valence-electron chi connectivity index (χ1n) is 7.92. The van der Waals surface area contributed by atoms with E-state index < -0.39 is 0 Å². The first-order valence-corrected chi connectivity index (χ1v) is 8.33. The van der Waals surface area contributed by atoms with Crippen molar-refractivity contribution in [3.05, 3.63) is 88.5 Å². The van der Waals surface area contributed by atoms with Gasteiger partial charge >= 0.3 is 0 Å². The van der Waals surface area contributed by atoms with Crippen LogP contribution in [0.2, 0.25) is 0 Å². The zero-order valence-corrected chi connectivity index (χ0v) is 14.2. The summed E-state index contributed by atoms with van der Waals surface area (Å²) < 4.78 is 2.63. The summed E-state index contributed by atoms with van der Waals surface area (Å²) in [5.74, 6) is 0.917. The third-order valence-corrected chi connectivity index (χ3v) is 4.54. The molecule has 3 aromatic carbocycles. The minimum atomic E-state index is 0.620. The molecule has 0 aliphatic heterocycles. The van der Waals surface area contributed by atoms with Crippen molar-refractivity contribution in [2.45, 2.75) is 13.3 Å². The summed E-state index contributed by atoms with van der Waals surface area (Å²) in [5, 5.41) is 9.89. The molecule has 4 aromatic rings. The zero-order chi connectivity index (χ0) is 16.5. The molecule has 1 N–H and O–H groups in total. The van der Waals surface area contributed by atoms with Gasteiger partial charge in [0.15, 0.2) is 4.77 Å². The fourth-order valence-corrected chi connectivity index (χ4v) is 3.28. The average molecular weight is 331 g/mol. The molecule has 4 heteroatoms. The summed E-state index contributed by atoms with van der Waals surface area (Å²) in [7, 11) is 0. The number of nitrogens with zero attached hydrogens (tertiary/aromatic N) is 2. The Morgan fingerprint density at radius 3 is 2.54 bits per heavy atom. The van der Waals surface area contributed by atoms with Crippen LogP contribution in [0, 0.1) is 11.7 Å². The van der Waals surface area contributed by atoms with E-state index in [2.05, 4.69) is 83.9 Å². The van der Waals surface area contributed by atoms with Gasteiger partial charge in [-0.15, -0.1) is 0 Å². The van der Waals surface area contributed by atoms with E-state index in [1.54, 1.807) is 0 Å². The second-order valence-electron chi connectivity index (χ2n) is 5.93. The summed E-state index contributed by atoms with van der Waals surface area (Å²) >= 11 is 5.44. The van der Waals surface area contributed by atoms with Gasteiger partial charge in [0.1, 0.15) is 5.82 Å². The predicted molar refractivity (Wildman–Crippen MR) is 100 cm³/mol. The quantitative estimate of drug-likeness (QED) is 0.537. The fourth-order valence-electron chi connectivity index (χ4n) is 3.03. The van der Waals surface area contributed by atoms with Crippen LogP contribution in [0.1, 0.15) is 17.0 Å². The van der Waals surface area contributed by atoms with Crippen molar-refractivity contribution in [1.82, 2.24) is 14.8 Å². The molecule has 0 spiro atoms. The van der Waals surface area contributed by atoms with Crippen LogP contribution in [-0.2, 0) is 6.42 Å². The maximum atomic E-state index is 5.44. The third kappa shape index (κ3) is 2.65. The van der Waals surface area contributed by atoms with Gasteiger partial charge in [0.25, 0.3) is 0 Å². The molecule has 0 aliphatic rings. The van der Waals surface area contributed by atoms with Crippen molar-refractivity contribution in [2.75, 3.05) is 0 Å². The number of nitrogens with one attached hydrogen (secondary N) is 1. The first kappa shape index (κ1) is 14.8. The highest BCUT2D eigenvalue weighted by Crippen LogP contribution is 2.22. The molecule has 3 nitrogen and oxygen atoms in total. The van der Waals surface area contributed by atoms with Crippen molar-refractivity contribution in [3.63, 3.8) is 0 Å². The van der Waals surface area contributed by atoms with Crippen molar-refractivity contribution < 1.29 is 0 Å². The van der Waals surface area contributed by atoms with Crippen LogP contribution >= 0.6 is 12.2 Å². The van der Waals surface area contributed by atoms with E-state index in [1.807, 2.05) is 4.57 Å². The normalized spacial score (nSPS) is 11.0. The second-order valence-corrected chi connectivity index (χ2v) is 6.32. The summed E-state index contributed by atoms with van der Waals surface area (Å²) in [6.45, 7) is 2.08. The van der Waals surface area contributed by atoms with Crippen LogP contribution in [0.5, 0.6) is 0 Å². The average Bonchev–Trinajstić information content (AvgIpc) is 2.97. The Balaban J connectivity index is 1.81. The molecule has 4 rings (SSSR count). The minimum absolute atomic E-state index is 0.620. The first-order chi connectivity index (χ1) is 11.7. The van der Waals surface area contributed by atoms with Crippen LogP contribution in [-0.4, -0.2) is 14.8 Å². The molecule has 0 fully saturated rings. The van der Waals surface area contributed by atoms with Gasteiger partial charge in [-0.25, -0.2) is 0 Å². The van der Waals surface area contributed by atoms with Crippen molar-refractivity contribution in [2.24, 2.45) is 0 Å². The molecule has 0 saturated heterocycles. The molecule has 0 saturated carbocycles. The van der Waals surface area contributed by atoms with Gasteiger partial charge in [-0.1, -0.05) is 60.2 Å². The lowest BCUT2D eigenvalue weighted by Crippen LogP contribution is -2.03. The number of aromatic nitrogens is 3. The number of H-pyrrole nitrogens is 1. The molecule has 0 bridgehead atoms. The summed E-state index contributed by atoms with van der Waals surface area (Å²) in [6.07, 6.45) is 0.725. The van der Waals surface area contributed by atoms with E-state index in [4.69, 9.17) is 12.2 Å². The SMILES string of the molecule is Cc1ccc(-n2c(Cc3cccc4ccccc34)n[nH]c2=S)cc1. The third-order valence-electron chi connectivity index (χ3n) is 4.26. The number of benzene rings is 3. The molecule has 0 amide bonds. The van der Waals surface area contributed by atoms with E-state index in [9.17, 15) is 0 Å². The Bertz CT molecular complexity index is 1050. The summed E-state index contributed by atoms with van der Waals surface area (Å²) in [5.41, 5.74) is 3.51. The lowest BCUT2D eigenvalue weighted by molar-refractivity contribution is 0.905. The lowest BCUT2D eigenvalue weighted by Gasteiger charge is -2.09. The Labute approximate surface area is 145 Å². The molecule has 1 heterocycles. The predicted octanol–water partition coefficient (Wildman–Crippen LogP) is 4.98. The van der Waals surface area contributed by atoms with E-state index in [1.165, 1.54) is 21.9 Å². The Morgan fingerprint density at radius 1 is 0.958 bits per heavy atom. The molecule has 118 valence electrons. The summed E-state index contributed by atoms with van der Waals surface area (Å²) in [4.78, 5) is 0. The number of hydrogen-bond donors (Lipinski definition) is 1. The highest BCUT2D eigenvalue weighted by Gasteiger charge is 2.11. The molecule has 1 aromatic heterocycles. The zero-order valence-electron chi connectivity index (χ0n) is 13.4. The van der Waals surface area contributed by atoms with Crippen molar-refractivity contribution in [3.8, 4) is 5.69 Å². The topological polar surface area (TPSA) is 33.6 Å².